The van der Waals surface area contributed by atoms with Crippen LogP contribution >= 0.6 is 0 Å². The number of nitrogens with one attached hydrogen (secondary N) is 1. The summed E-state index contributed by atoms with van der Waals surface area (Å²) in [5.74, 6) is 0.0440. The Labute approximate surface area is 250 Å². The molecule has 1 amide bonds. The molecule has 5 heterocycles. The first kappa shape index (κ1) is 28.2. The molecule has 0 atom stereocenters. The molecule has 1 aromatic carbocycles. The SMILES string of the molecule is CN1CCN(Cc2ccc(CC(=O)Nc3ncc(-c4cn(C5CC5)c5ncnc(N)c45)n4ccnc34)cc2C(F)(F)F)CC1. The van der Waals surface area contributed by atoms with Gasteiger partial charge in [-0.25, -0.2) is 19.9 Å². The molecule has 0 radical (unpaired) electrons. The summed E-state index contributed by atoms with van der Waals surface area (Å²) in [7, 11) is 2.00. The summed E-state index contributed by atoms with van der Waals surface area (Å²) in [6, 6.07) is 4.50. The Hall–Kier alpha value is -4.56. The van der Waals surface area contributed by atoms with Gasteiger partial charge in [0.2, 0.25) is 5.91 Å². The molecule has 11 nitrogen and oxygen atoms in total. The van der Waals surface area contributed by atoms with Crippen molar-refractivity contribution in [2.45, 2.75) is 38.0 Å². The van der Waals surface area contributed by atoms with Crippen molar-refractivity contribution in [1.29, 1.82) is 0 Å². The van der Waals surface area contributed by atoms with Crippen molar-refractivity contribution in [3.63, 3.8) is 0 Å². The van der Waals surface area contributed by atoms with Crippen molar-refractivity contribution in [3.05, 3.63) is 66.0 Å². The number of fused-ring (bicyclic) bond motifs is 2. The zero-order chi connectivity index (χ0) is 30.6. The minimum atomic E-state index is -4.54. The first-order chi connectivity index (χ1) is 21.2. The van der Waals surface area contributed by atoms with Crippen LogP contribution in [0.4, 0.5) is 24.8 Å². The third kappa shape index (κ3) is 5.35. The molecular weight excluding hydrogens is 573 g/mol. The van der Waals surface area contributed by atoms with Crippen molar-refractivity contribution in [2.75, 3.05) is 44.3 Å². The second-order valence-electron chi connectivity index (χ2n) is 11.5. The number of nitrogen functional groups attached to an aromatic ring is 1. The van der Waals surface area contributed by atoms with Crippen LogP contribution in [0.1, 0.15) is 35.6 Å². The van der Waals surface area contributed by atoms with E-state index in [1.54, 1.807) is 29.1 Å². The van der Waals surface area contributed by atoms with Crippen LogP contribution in [-0.4, -0.2) is 77.8 Å². The minimum Gasteiger partial charge on any atom is -0.383 e. The second-order valence-corrected chi connectivity index (χ2v) is 11.5. The van der Waals surface area contributed by atoms with E-state index in [-0.39, 0.29) is 29.9 Å². The number of piperazine rings is 1. The Kier molecular flexibility index (Phi) is 6.97. The van der Waals surface area contributed by atoms with Gasteiger partial charge in [0.15, 0.2) is 11.5 Å². The number of imidazole rings is 1. The molecule has 4 aromatic heterocycles. The first-order valence-electron chi connectivity index (χ1n) is 14.5. The maximum absolute atomic E-state index is 14.1. The number of aromatic nitrogens is 6. The summed E-state index contributed by atoms with van der Waals surface area (Å²) in [5.41, 5.74) is 8.63. The van der Waals surface area contributed by atoms with E-state index in [9.17, 15) is 18.0 Å². The summed E-state index contributed by atoms with van der Waals surface area (Å²) >= 11 is 0. The standard InChI is InChI=1S/C30H31F3N10O/c1-40-8-10-41(11-9-40)15-19-3-2-18(12-22(19)30(31,32)33)13-24(44)39-27-29-35-6-7-42(29)23(14-36-27)21-16-43(20-4-5-20)28-25(21)26(34)37-17-38-28/h2-3,6-7,12,14,16-17,20H,4-5,8-11,13,15H2,1H3,(H2,34,37,38)(H,36,39,44). The molecule has 0 spiro atoms. The van der Waals surface area contributed by atoms with Gasteiger partial charge in [0.25, 0.3) is 0 Å². The van der Waals surface area contributed by atoms with E-state index in [0.717, 1.165) is 43.2 Å². The fraction of sp³-hybridized carbons (Fsp3) is 0.367. The molecule has 0 bridgehead atoms. The van der Waals surface area contributed by atoms with Crippen molar-refractivity contribution >= 4 is 34.2 Å². The molecule has 1 aliphatic carbocycles. The van der Waals surface area contributed by atoms with Crippen molar-refractivity contribution in [2.24, 2.45) is 0 Å². The maximum Gasteiger partial charge on any atom is 0.416 e. The number of likely N-dealkylation sites (N-methyl/N-ethyl adjacent to an activating group) is 1. The van der Waals surface area contributed by atoms with Gasteiger partial charge >= 0.3 is 6.18 Å². The van der Waals surface area contributed by atoms with Crippen LogP contribution in [0, 0.1) is 0 Å². The highest BCUT2D eigenvalue weighted by Gasteiger charge is 2.34. The summed E-state index contributed by atoms with van der Waals surface area (Å²) < 4.78 is 46.0. The van der Waals surface area contributed by atoms with Gasteiger partial charge in [-0.1, -0.05) is 12.1 Å². The molecule has 3 N–H and O–H groups in total. The van der Waals surface area contributed by atoms with E-state index in [4.69, 9.17) is 5.73 Å². The fourth-order valence-corrected chi connectivity index (χ4v) is 5.88. The highest BCUT2D eigenvalue weighted by atomic mass is 19.4. The second kappa shape index (κ2) is 10.9. The molecule has 44 heavy (non-hydrogen) atoms. The van der Waals surface area contributed by atoms with E-state index in [1.807, 2.05) is 18.1 Å². The van der Waals surface area contributed by atoms with Crippen molar-refractivity contribution < 1.29 is 18.0 Å². The number of carbonyl (C=O) groups excluding carboxylic acids is 1. The smallest absolute Gasteiger partial charge is 0.383 e. The number of amides is 1. The van der Waals surface area contributed by atoms with E-state index in [1.165, 1.54) is 12.4 Å². The Morgan fingerprint density at radius 1 is 1.07 bits per heavy atom. The van der Waals surface area contributed by atoms with Crippen LogP contribution in [0.25, 0.3) is 27.9 Å². The monoisotopic (exact) mass is 604 g/mol. The van der Waals surface area contributed by atoms with Gasteiger partial charge in [-0.3, -0.25) is 14.1 Å². The molecule has 228 valence electrons. The maximum atomic E-state index is 14.1. The fourth-order valence-electron chi connectivity index (χ4n) is 5.88. The topological polar surface area (TPSA) is 122 Å². The van der Waals surface area contributed by atoms with Crippen molar-refractivity contribution in [1.82, 2.24) is 38.7 Å². The van der Waals surface area contributed by atoms with Gasteiger partial charge in [0.05, 0.1) is 29.3 Å². The third-order valence-corrected chi connectivity index (χ3v) is 8.37. The lowest BCUT2D eigenvalue weighted by atomic mass is 10.0. The molecular formula is C30H31F3N10O. The molecule has 1 aliphatic heterocycles. The number of rotatable bonds is 7. The summed E-state index contributed by atoms with van der Waals surface area (Å²) in [4.78, 5) is 34.8. The van der Waals surface area contributed by atoms with Crippen molar-refractivity contribution in [3.8, 4) is 11.3 Å². The Bertz CT molecular complexity index is 1870. The van der Waals surface area contributed by atoms with Gasteiger partial charge in [0, 0.05) is 62.9 Å². The molecule has 1 saturated carbocycles. The molecule has 1 saturated heterocycles. The van der Waals surface area contributed by atoms with Crippen LogP contribution in [0.3, 0.4) is 0 Å². The van der Waals surface area contributed by atoms with Crippen LogP contribution in [0.2, 0.25) is 0 Å². The predicted molar refractivity (Wildman–Crippen MR) is 159 cm³/mol. The highest BCUT2D eigenvalue weighted by molar-refractivity contribution is 6.01. The predicted octanol–water partition coefficient (Wildman–Crippen LogP) is 4.01. The van der Waals surface area contributed by atoms with Gasteiger partial charge in [-0.2, -0.15) is 13.2 Å². The summed E-state index contributed by atoms with van der Waals surface area (Å²) in [5, 5.41) is 3.45. The summed E-state index contributed by atoms with van der Waals surface area (Å²) in [6.45, 7) is 3.24. The van der Waals surface area contributed by atoms with E-state index in [2.05, 4.69) is 34.7 Å². The average molecular weight is 605 g/mol. The number of hydrogen-bond acceptors (Lipinski definition) is 8. The van der Waals surface area contributed by atoms with Gasteiger partial charge in [-0.05, 0) is 37.1 Å². The quantitative estimate of drug-likeness (QED) is 0.286. The molecule has 14 heteroatoms. The Morgan fingerprint density at radius 2 is 1.86 bits per heavy atom. The molecule has 0 unspecified atom stereocenters. The van der Waals surface area contributed by atoms with Gasteiger partial charge in [-0.15, -0.1) is 0 Å². The largest absolute Gasteiger partial charge is 0.416 e. The van der Waals surface area contributed by atoms with Crippen LogP contribution in [0.15, 0.2) is 49.3 Å². The zero-order valence-electron chi connectivity index (χ0n) is 24.1. The lowest BCUT2D eigenvalue weighted by Crippen LogP contribution is -2.44. The van der Waals surface area contributed by atoms with E-state index >= 15 is 0 Å². The number of nitrogens with zero attached hydrogens (tertiary/aromatic N) is 8. The Balaban J connectivity index is 1.13. The number of halogens is 3. The number of alkyl halides is 3. The normalized spacial score (nSPS) is 16.6. The number of anilines is 2. The lowest BCUT2D eigenvalue weighted by molar-refractivity contribution is -0.138. The number of benzene rings is 1. The molecule has 5 aromatic rings. The minimum absolute atomic E-state index is 0.196. The van der Waals surface area contributed by atoms with Crippen LogP contribution < -0.4 is 11.1 Å². The summed E-state index contributed by atoms with van der Waals surface area (Å²) in [6.07, 6.45) is 5.71. The van der Waals surface area contributed by atoms with Crippen LogP contribution in [-0.2, 0) is 23.9 Å². The number of hydrogen-bond donors (Lipinski definition) is 2. The highest BCUT2D eigenvalue weighted by Crippen LogP contribution is 2.42. The first-order valence-corrected chi connectivity index (χ1v) is 14.5. The van der Waals surface area contributed by atoms with Gasteiger partial charge < -0.3 is 20.5 Å². The molecule has 7 rings (SSSR count). The average Bonchev–Trinajstić information content (AvgIpc) is 3.56. The lowest BCUT2D eigenvalue weighted by Gasteiger charge is -2.33. The van der Waals surface area contributed by atoms with E-state index < -0.39 is 17.6 Å². The van der Waals surface area contributed by atoms with Crippen LogP contribution in [0.5, 0.6) is 0 Å². The number of nitrogens with two attached hydrogens (primary N) is 1. The number of carbonyl (C=O) groups is 1. The molecule has 2 aliphatic rings. The molecule has 2 fully saturated rings. The Morgan fingerprint density at radius 3 is 2.61 bits per heavy atom. The van der Waals surface area contributed by atoms with E-state index in [0.29, 0.717) is 41.7 Å². The zero-order valence-corrected chi connectivity index (χ0v) is 24.1. The third-order valence-electron chi connectivity index (χ3n) is 8.37. The van der Waals surface area contributed by atoms with Gasteiger partial charge in [0.1, 0.15) is 17.8 Å².